The van der Waals surface area contributed by atoms with Gasteiger partial charge in [-0.1, -0.05) is 59.0 Å². The summed E-state index contributed by atoms with van der Waals surface area (Å²) >= 11 is 0. The summed E-state index contributed by atoms with van der Waals surface area (Å²) in [7, 11) is -2.11. The van der Waals surface area contributed by atoms with Gasteiger partial charge in [0.1, 0.15) is 0 Å². The molecule has 0 aromatic heterocycles. The van der Waals surface area contributed by atoms with Gasteiger partial charge in [-0.2, -0.15) is 0 Å². The lowest BCUT2D eigenvalue weighted by Gasteiger charge is -2.48. The highest BCUT2D eigenvalue weighted by Crippen LogP contribution is 2.53. The van der Waals surface area contributed by atoms with Gasteiger partial charge in [0.25, 0.3) is 8.32 Å². The molecule has 2 saturated carbocycles. The average Bonchev–Trinajstić information content (AvgIpc) is 2.53. The molecule has 2 rings (SSSR count). The van der Waals surface area contributed by atoms with E-state index in [1.165, 1.54) is 64.2 Å². The van der Waals surface area contributed by atoms with Crippen LogP contribution >= 0.6 is 0 Å². The average molecular weight is 323 g/mol. The highest BCUT2D eigenvalue weighted by atomic mass is 28.4. The molecule has 0 atom stereocenters. The lowest BCUT2D eigenvalue weighted by molar-refractivity contribution is -0.131. The van der Waals surface area contributed by atoms with Crippen molar-refractivity contribution in [3.8, 4) is 0 Å². The Labute approximate surface area is 137 Å². The zero-order chi connectivity index (χ0) is 16.2. The van der Waals surface area contributed by atoms with Crippen molar-refractivity contribution in [3.63, 3.8) is 0 Å². The quantitative estimate of drug-likeness (QED) is 0.449. The third-order valence-electron chi connectivity index (χ3n) is 6.01. The summed E-state index contributed by atoms with van der Waals surface area (Å²) in [4.78, 5) is 12.5. The van der Waals surface area contributed by atoms with Crippen LogP contribution in [0.3, 0.4) is 0 Å². The minimum Gasteiger partial charge on any atom is -0.515 e. The van der Waals surface area contributed by atoms with Crippen molar-refractivity contribution in [1.82, 2.24) is 0 Å². The molecule has 2 aliphatic carbocycles. The first kappa shape index (κ1) is 17.8. The Morgan fingerprint density at radius 3 is 1.68 bits per heavy atom. The zero-order valence-corrected chi connectivity index (χ0v) is 15.8. The van der Waals surface area contributed by atoms with Crippen LogP contribution in [0.15, 0.2) is 12.2 Å². The van der Waals surface area contributed by atoms with Crippen LogP contribution in [0.5, 0.6) is 0 Å². The zero-order valence-electron chi connectivity index (χ0n) is 14.8. The summed E-state index contributed by atoms with van der Waals surface area (Å²) in [5.41, 5.74) is 2.44. The summed E-state index contributed by atoms with van der Waals surface area (Å²) in [5.74, 6) is -0.114. The minimum atomic E-state index is -2.11. The van der Waals surface area contributed by atoms with Gasteiger partial charge in [0, 0.05) is 5.57 Å². The molecular weight excluding hydrogens is 288 g/mol. The number of carbonyl (C=O) groups excluding carboxylic acids is 1. The Morgan fingerprint density at radius 2 is 1.36 bits per heavy atom. The fraction of sp³-hybridized carbons (Fsp3) is 0.842. The van der Waals surface area contributed by atoms with Crippen LogP contribution in [0.4, 0.5) is 0 Å². The van der Waals surface area contributed by atoms with E-state index in [-0.39, 0.29) is 5.97 Å². The molecule has 0 radical (unpaired) electrons. The molecule has 0 aliphatic heterocycles. The summed E-state index contributed by atoms with van der Waals surface area (Å²) in [6.45, 7) is 10.3. The van der Waals surface area contributed by atoms with E-state index in [9.17, 15) is 4.79 Å². The highest BCUT2D eigenvalue weighted by Gasteiger charge is 2.54. The molecule has 0 spiro atoms. The second-order valence-electron chi connectivity index (χ2n) is 7.85. The van der Waals surface area contributed by atoms with Crippen molar-refractivity contribution in [1.29, 1.82) is 0 Å². The van der Waals surface area contributed by atoms with Crippen molar-refractivity contribution in [2.24, 2.45) is 0 Å². The molecule has 0 aromatic carbocycles. The number of carbonyl (C=O) groups is 1. The second-order valence-corrected chi connectivity index (χ2v) is 12.5. The normalized spacial score (nSPS) is 21.8. The lowest BCUT2D eigenvalue weighted by Crippen LogP contribution is -2.53. The molecule has 0 aromatic rings. The first-order valence-corrected chi connectivity index (χ1v) is 11.5. The van der Waals surface area contributed by atoms with Crippen LogP contribution in [-0.4, -0.2) is 14.3 Å². The number of hydrogen-bond donors (Lipinski definition) is 0. The Bertz CT molecular complexity index is 372. The van der Waals surface area contributed by atoms with Gasteiger partial charge in [-0.3, -0.25) is 0 Å². The van der Waals surface area contributed by atoms with Crippen LogP contribution in [-0.2, 0) is 9.22 Å². The van der Waals surface area contributed by atoms with Crippen molar-refractivity contribution in [2.75, 3.05) is 0 Å². The predicted molar refractivity (Wildman–Crippen MR) is 95.4 cm³/mol. The van der Waals surface area contributed by atoms with E-state index in [2.05, 4.69) is 20.4 Å². The van der Waals surface area contributed by atoms with E-state index in [1.807, 2.05) is 0 Å². The Balaban J connectivity index is 2.33. The number of hydrogen-bond acceptors (Lipinski definition) is 2. The summed E-state index contributed by atoms with van der Waals surface area (Å²) < 4.78 is 6.44. The fourth-order valence-electron chi connectivity index (χ4n) is 4.92. The van der Waals surface area contributed by atoms with E-state index in [0.717, 1.165) is 0 Å². The monoisotopic (exact) mass is 322 g/mol. The van der Waals surface area contributed by atoms with E-state index >= 15 is 0 Å². The topological polar surface area (TPSA) is 26.3 Å². The molecule has 0 amide bonds. The van der Waals surface area contributed by atoms with Crippen molar-refractivity contribution in [3.05, 3.63) is 12.2 Å². The molecule has 0 saturated heterocycles. The van der Waals surface area contributed by atoms with Crippen molar-refractivity contribution >= 4 is 14.3 Å². The SMILES string of the molecule is C=C(C)C(=O)O[Si](C(C)C)(C1CCCCC1)C1CCCCC1. The van der Waals surface area contributed by atoms with Crippen LogP contribution in [0.2, 0.25) is 16.6 Å². The third-order valence-corrected chi connectivity index (χ3v) is 12.1. The Morgan fingerprint density at radius 1 is 0.955 bits per heavy atom. The smallest absolute Gasteiger partial charge is 0.319 e. The molecule has 0 bridgehead atoms. The van der Waals surface area contributed by atoms with Crippen LogP contribution in [0.1, 0.15) is 85.0 Å². The lowest BCUT2D eigenvalue weighted by atomic mass is 9.99. The molecule has 2 fully saturated rings. The summed E-state index contributed by atoms with van der Waals surface area (Å²) in [6.07, 6.45) is 13.1. The Hall–Kier alpha value is -0.573. The predicted octanol–water partition coefficient (Wildman–Crippen LogP) is 6.13. The van der Waals surface area contributed by atoms with Gasteiger partial charge in [0.2, 0.25) is 0 Å². The van der Waals surface area contributed by atoms with Gasteiger partial charge in [0.05, 0.1) is 0 Å². The first-order valence-electron chi connectivity index (χ1n) is 9.37. The Kier molecular flexibility index (Phi) is 6.31. The molecule has 0 N–H and O–H groups in total. The molecule has 0 unspecified atom stereocenters. The van der Waals surface area contributed by atoms with Crippen molar-refractivity contribution < 1.29 is 9.22 Å². The maximum absolute atomic E-state index is 12.5. The maximum atomic E-state index is 12.5. The van der Waals surface area contributed by atoms with Crippen LogP contribution in [0, 0.1) is 0 Å². The molecule has 126 valence electrons. The highest BCUT2D eigenvalue weighted by molar-refractivity contribution is 6.79. The summed E-state index contributed by atoms with van der Waals surface area (Å²) in [6, 6.07) is 0. The molecule has 22 heavy (non-hydrogen) atoms. The van der Waals surface area contributed by atoms with Gasteiger partial charge in [-0.05, 0) is 49.2 Å². The molecule has 2 aliphatic rings. The van der Waals surface area contributed by atoms with Gasteiger partial charge in [-0.25, -0.2) is 4.79 Å². The molecule has 2 nitrogen and oxygen atoms in total. The van der Waals surface area contributed by atoms with Gasteiger partial charge in [-0.15, -0.1) is 0 Å². The minimum absolute atomic E-state index is 0.114. The molecule has 3 heteroatoms. The van der Waals surface area contributed by atoms with E-state index in [0.29, 0.717) is 22.2 Å². The standard InChI is InChI=1S/C19H34O2Si/c1-15(2)19(20)21-22(16(3)4,17-11-7-5-8-12-17)18-13-9-6-10-14-18/h16-18H,1,5-14H2,2-4H3. The fourth-order valence-corrected chi connectivity index (χ4v) is 11.2. The van der Waals surface area contributed by atoms with Gasteiger partial charge in [0.15, 0.2) is 0 Å². The van der Waals surface area contributed by atoms with E-state index < -0.39 is 8.32 Å². The van der Waals surface area contributed by atoms with Crippen LogP contribution in [0.25, 0.3) is 0 Å². The largest absolute Gasteiger partial charge is 0.515 e. The molecular formula is C19H34O2Si. The van der Waals surface area contributed by atoms with Gasteiger partial charge < -0.3 is 4.43 Å². The van der Waals surface area contributed by atoms with E-state index in [1.54, 1.807) is 6.92 Å². The van der Waals surface area contributed by atoms with Crippen LogP contribution < -0.4 is 0 Å². The first-order chi connectivity index (χ1) is 10.5. The van der Waals surface area contributed by atoms with Crippen molar-refractivity contribution in [2.45, 2.75) is 102 Å². The third kappa shape index (κ3) is 3.66. The van der Waals surface area contributed by atoms with Gasteiger partial charge >= 0.3 is 5.97 Å². The van der Waals surface area contributed by atoms with E-state index in [4.69, 9.17) is 4.43 Å². The second kappa shape index (κ2) is 7.81. The maximum Gasteiger partial charge on any atom is 0.319 e. The molecule has 0 heterocycles. The summed E-state index contributed by atoms with van der Waals surface area (Å²) in [5, 5.41) is 0. The number of rotatable bonds is 5.